The van der Waals surface area contributed by atoms with E-state index in [0.717, 1.165) is 6.08 Å². The first-order valence-corrected chi connectivity index (χ1v) is 6.51. The molecular weight excluding hydrogens is 240 g/mol. The van der Waals surface area contributed by atoms with Crippen molar-refractivity contribution in [2.45, 2.75) is 11.8 Å². The van der Waals surface area contributed by atoms with Gasteiger partial charge in [0.25, 0.3) is 0 Å². The summed E-state index contributed by atoms with van der Waals surface area (Å²) in [6.07, 6.45) is 1.14. The summed E-state index contributed by atoms with van der Waals surface area (Å²) in [6.45, 7) is 5.36. The van der Waals surface area contributed by atoms with Gasteiger partial charge >= 0.3 is 0 Å². The first-order valence-electron chi connectivity index (χ1n) is 5.02. The van der Waals surface area contributed by atoms with Crippen LogP contribution in [0.3, 0.4) is 0 Å². The van der Waals surface area contributed by atoms with Gasteiger partial charge < -0.3 is 5.32 Å². The van der Waals surface area contributed by atoms with Gasteiger partial charge in [-0.2, -0.15) is 0 Å². The van der Waals surface area contributed by atoms with Crippen LogP contribution in [0.5, 0.6) is 0 Å². The molecule has 0 aliphatic heterocycles. The third-order valence-electron chi connectivity index (χ3n) is 1.95. The Morgan fingerprint density at radius 1 is 1.35 bits per heavy atom. The lowest BCUT2D eigenvalue weighted by Crippen LogP contribution is -2.23. The molecule has 1 aromatic rings. The third-order valence-corrected chi connectivity index (χ3v) is 3.51. The fourth-order valence-electron chi connectivity index (χ4n) is 1.18. The van der Waals surface area contributed by atoms with Crippen LogP contribution in [0, 0.1) is 0 Å². The van der Waals surface area contributed by atoms with Crippen LogP contribution in [-0.2, 0) is 14.8 Å². The molecule has 0 bridgehead atoms. The molecule has 17 heavy (non-hydrogen) atoms. The van der Waals surface area contributed by atoms with Crippen LogP contribution < -0.4 is 10.0 Å². The number of benzene rings is 1. The molecule has 0 radical (unpaired) electrons. The average molecular weight is 254 g/mol. The maximum atomic E-state index is 11.6. The summed E-state index contributed by atoms with van der Waals surface area (Å²) >= 11 is 0. The van der Waals surface area contributed by atoms with Gasteiger partial charge in [0.15, 0.2) is 0 Å². The van der Waals surface area contributed by atoms with E-state index in [1.807, 2.05) is 0 Å². The van der Waals surface area contributed by atoms with Gasteiger partial charge in [-0.15, -0.1) is 0 Å². The fraction of sp³-hybridized carbons (Fsp3) is 0.182. The summed E-state index contributed by atoms with van der Waals surface area (Å²) in [6, 6.07) is 5.89. The molecule has 0 fully saturated rings. The highest BCUT2D eigenvalue weighted by Crippen LogP contribution is 2.13. The number of hydrogen-bond acceptors (Lipinski definition) is 3. The topological polar surface area (TPSA) is 75.3 Å². The van der Waals surface area contributed by atoms with E-state index < -0.39 is 10.0 Å². The average Bonchev–Trinajstić information content (AvgIpc) is 2.29. The van der Waals surface area contributed by atoms with E-state index in [4.69, 9.17) is 0 Å². The Morgan fingerprint density at radius 3 is 2.41 bits per heavy atom. The van der Waals surface area contributed by atoms with Crippen molar-refractivity contribution in [3.05, 3.63) is 36.9 Å². The summed E-state index contributed by atoms with van der Waals surface area (Å²) in [5, 5.41) is 2.53. The number of nitrogens with one attached hydrogen (secondary N) is 2. The largest absolute Gasteiger partial charge is 0.323 e. The highest BCUT2D eigenvalue weighted by Gasteiger charge is 2.11. The first kappa shape index (κ1) is 13.4. The number of amides is 1. The van der Waals surface area contributed by atoms with E-state index in [2.05, 4.69) is 16.6 Å². The van der Waals surface area contributed by atoms with E-state index >= 15 is 0 Å². The maximum Gasteiger partial charge on any atom is 0.247 e. The Labute approximate surface area is 101 Å². The van der Waals surface area contributed by atoms with Crippen molar-refractivity contribution in [3.63, 3.8) is 0 Å². The number of anilines is 1. The molecule has 5 nitrogen and oxygen atoms in total. The lowest BCUT2D eigenvalue weighted by Gasteiger charge is -2.06. The zero-order valence-electron chi connectivity index (χ0n) is 9.43. The minimum absolute atomic E-state index is 0.163. The van der Waals surface area contributed by atoms with Crippen molar-refractivity contribution in [2.75, 3.05) is 11.9 Å². The molecular formula is C11H14N2O3S. The molecule has 1 aromatic carbocycles. The van der Waals surface area contributed by atoms with E-state index in [1.165, 1.54) is 24.3 Å². The van der Waals surface area contributed by atoms with Crippen molar-refractivity contribution in [1.29, 1.82) is 0 Å². The van der Waals surface area contributed by atoms with E-state index in [0.29, 0.717) is 12.2 Å². The van der Waals surface area contributed by atoms with Crippen molar-refractivity contribution >= 4 is 21.6 Å². The predicted octanol–water partition coefficient (Wildman–Crippen LogP) is 1.11. The number of hydrogen-bond donors (Lipinski definition) is 2. The third kappa shape index (κ3) is 3.69. The summed E-state index contributed by atoms with van der Waals surface area (Å²) in [5.41, 5.74) is 0.519. The molecule has 0 aliphatic carbocycles. The molecule has 0 aliphatic rings. The number of sulfonamides is 1. The van der Waals surface area contributed by atoms with Gasteiger partial charge in [-0.1, -0.05) is 13.5 Å². The second-order valence-corrected chi connectivity index (χ2v) is 4.99. The quantitative estimate of drug-likeness (QED) is 0.773. The molecule has 2 N–H and O–H groups in total. The van der Waals surface area contributed by atoms with Crippen LogP contribution in [0.15, 0.2) is 41.8 Å². The molecule has 0 atom stereocenters. The second-order valence-electron chi connectivity index (χ2n) is 3.22. The number of carbonyl (C=O) groups is 1. The van der Waals surface area contributed by atoms with Gasteiger partial charge in [0, 0.05) is 12.2 Å². The molecule has 0 unspecified atom stereocenters. The Bertz CT molecular complexity index is 506. The summed E-state index contributed by atoms with van der Waals surface area (Å²) < 4.78 is 25.6. The molecule has 0 spiro atoms. The number of rotatable bonds is 5. The van der Waals surface area contributed by atoms with Gasteiger partial charge in [-0.3, -0.25) is 4.79 Å². The Morgan fingerprint density at radius 2 is 1.94 bits per heavy atom. The summed E-state index contributed by atoms with van der Waals surface area (Å²) in [7, 11) is -3.44. The van der Waals surface area contributed by atoms with Crippen molar-refractivity contribution in [3.8, 4) is 0 Å². The Kier molecular flexibility index (Phi) is 4.42. The SMILES string of the molecule is C=CC(=O)Nc1ccc(S(=O)(=O)NCC)cc1. The van der Waals surface area contributed by atoms with Gasteiger partial charge in [-0.05, 0) is 30.3 Å². The normalized spacial score (nSPS) is 10.9. The van der Waals surface area contributed by atoms with E-state index in [1.54, 1.807) is 6.92 Å². The molecule has 0 heterocycles. The molecule has 0 saturated carbocycles. The van der Waals surface area contributed by atoms with Crippen LogP contribution in [-0.4, -0.2) is 20.9 Å². The van der Waals surface area contributed by atoms with Crippen LogP contribution in [0.4, 0.5) is 5.69 Å². The van der Waals surface area contributed by atoms with Gasteiger partial charge in [0.2, 0.25) is 15.9 Å². The molecule has 0 saturated heterocycles. The first-order chi connectivity index (χ1) is 7.99. The van der Waals surface area contributed by atoms with E-state index in [-0.39, 0.29) is 10.8 Å². The predicted molar refractivity (Wildman–Crippen MR) is 66.1 cm³/mol. The van der Waals surface area contributed by atoms with Crippen molar-refractivity contribution < 1.29 is 13.2 Å². The Hall–Kier alpha value is -1.66. The highest BCUT2D eigenvalue weighted by molar-refractivity contribution is 7.89. The van der Waals surface area contributed by atoms with Crippen molar-refractivity contribution in [1.82, 2.24) is 4.72 Å². The monoisotopic (exact) mass is 254 g/mol. The molecule has 1 amide bonds. The second kappa shape index (κ2) is 5.60. The summed E-state index contributed by atoms with van der Waals surface area (Å²) in [5.74, 6) is -0.340. The smallest absolute Gasteiger partial charge is 0.247 e. The minimum Gasteiger partial charge on any atom is -0.323 e. The van der Waals surface area contributed by atoms with Crippen LogP contribution in [0.2, 0.25) is 0 Å². The molecule has 0 aromatic heterocycles. The zero-order chi connectivity index (χ0) is 12.9. The van der Waals surface area contributed by atoms with Gasteiger partial charge in [0.1, 0.15) is 0 Å². The van der Waals surface area contributed by atoms with Crippen molar-refractivity contribution in [2.24, 2.45) is 0 Å². The van der Waals surface area contributed by atoms with Crippen LogP contribution >= 0.6 is 0 Å². The van der Waals surface area contributed by atoms with Crippen LogP contribution in [0.25, 0.3) is 0 Å². The standard InChI is InChI=1S/C11H14N2O3S/c1-3-11(14)13-9-5-7-10(8-6-9)17(15,16)12-4-2/h3,5-8,12H,1,4H2,2H3,(H,13,14). The van der Waals surface area contributed by atoms with Crippen LogP contribution in [0.1, 0.15) is 6.92 Å². The summed E-state index contributed by atoms with van der Waals surface area (Å²) in [4.78, 5) is 11.2. The minimum atomic E-state index is -3.44. The maximum absolute atomic E-state index is 11.6. The highest BCUT2D eigenvalue weighted by atomic mass is 32.2. The zero-order valence-corrected chi connectivity index (χ0v) is 10.3. The Balaban J connectivity index is 2.88. The lowest BCUT2D eigenvalue weighted by atomic mass is 10.3. The lowest BCUT2D eigenvalue weighted by molar-refractivity contribution is -0.111. The van der Waals surface area contributed by atoms with E-state index in [9.17, 15) is 13.2 Å². The molecule has 1 rings (SSSR count). The molecule has 6 heteroatoms. The molecule has 92 valence electrons. The van der Waals surface area contributed by atoms with Gasteiger partial charge in [-0.25, -0.2) is 13.1 Å². The van der Waals surface area contributed by atoms with Gasteiger partial charge in [0.05, 0.1) is 4.90 Å². The fourth-order valence-corrected chi connectivity index (χ4v) is 2.23. The number of carbonyl (C=O) groups excluding carboxylic acids is 1.